The van der Waals surface area contributed by atoms with Gasteiger partial charge in [-0.1, -0.05) is 6.92 Å². The summed E-state index contributed by atoms with van der Waals surface area (Å²) < 4.78 is 76.9. The van der Waals surface area contributed by atoms with Crippen LogP contribution in [0.5, 0.6) is 0 Å². The summed E-state index contributed by atoms with van der Waals surface area (Å²) in [5.41, 5.74) is -1.38. The van der Waals surface area contributed by atoms with E-state index in [2.05, 4.69) is 0 Å². The van der Waals surface area contributed by atoms with Crippen molar-refractivity contribution in [3.8, 4) is 0 Å². The molecule has 1 aromatic carbocycles. The van der Waals surface area contributed by atoms with Gasteiger partial charge in [-0.05, 0) is 5.92 Å². The summed E-state index contributed by atoms with van der Waals surface area (Å²) in [6.07, 6.45) is 0. The molecule has 3 nitrogen and oxygen atoms in total. The highest BCUT2D eigenvalue weighted by Crippen LogP contribution is 2.25. The van der Waals surface area contributed by atoms with E-state index in [0.717, 1.165) is 0 Å². The first-order chi connectivity index (χ1) is 8.68. The number of hydrogen-bond donors (Lipinski definition) is 1. The standard InChI is InChI=1S/C10H10ClF4NO2S/c1-5(3-11)4-19(17,18)16-10-8(14)6(12)2-7(13)9(10)15/h2,5,16H,3-4H2,1H3. The molecule has 19 heavy (non-hydrogen) atoms. The van der Waals surface area contributed by atoms with Crippen LogP contribution >= 0.6 is 11.6 Å². The molecule has 0 saturated heterocycles. The Morgan fingerprint density at radius 2 is 1.68 bits per heavy atom. The zero-order valence-electron chi connectivity index (χ0n) is 9.68. The first kappa shape index (κ1) is 16.0. The summed E-state index contributed by atoms with van der Waals surface area (Å²) in [6, 6.07) is -0.0101. The van der Waals surface area contributed by atoms with Gasteiger partial charge in [-0.25, -0.2) is 26.0 Å². The number of nitrogens with one attached hydrogen (secondary N) is 1. The highest BCUT2D eigenvalue weighted by Gasteiger charge is 2.24. The summed E-state index contributed by atoms with van der Waals surface area (Å²) >= 11 is 5.41. The van der Waals surface area contributed by atoms with Crippen molar-refractivity contribution < 1.29 is 26.0 Å². The summed E-state index contributed by atoms with van der Waals surface area (Å²) in [5, 5.41) is 0. The lowest BCUT2D eigenvalue weighted by atomic mass is 10.3. The highest BCUT2D eigenvalue weighted by molar-refractivity contribution is 7.92. The van der Waals surface area contributed by atoms with Gasteiger partial charge in [-0.2, -0.15) is 0 Å². The Kier molecular flexibility index (Phi) is 5.03. The largest absolute Gasteiger partial charge is 0.278 e. The lowest BCUT2D eigenvalue weighted by Gasteiger charge is -2.12. The van der Waals surface area contributed by atoms with Gasteiger partial charge in [-0.3, -0.25) is 4.72 Å². The predicted molar refractivity (Wildman–Crippen MR) is 63.6 cm³/mol. The van der Waals surface area contributed by atoms with Gasteiger partial charge in [0.15, 0.2) is 23.3 Å². The van der Waals surface area contributed by atoms with Gasteiger partial charge in [0.2, 0.25) is 10.0 Å². The molecule has 1 N–H and O–H groups in total. The van der Waals surface area contributed by atoms with Crippen LogP contribution in [0.25, 0.3) is 0 Å². The van der Waals surface area contributed by atoms with Gasteiger partial charge in [0.1, 0.15) is 5.69 Å². The molecule has 1 unspecified atom stereocenters. The zero-order valence-corrected chi connectivity index (χ0v) is 11.3. The first-order valence-corrected chi connectivity index (χ1v) is 7.26. The van der Waals surface area contributed by atoms with E-state index in [4.69, 9.17) is 11.6 Å². The Morgan fingerprint density at radius 1 is 1.21 bits per heavy atom. The lowest BCUT2D eigenvalue weighted by molar-refractivity contribution is 0.459. The molecule has 0 radical (unpaired) electrons. The molecule has 0 aliphatic heterocycles. The fourth-order valence-electron chi connectivity index (χ4n) is 1.28. The van der Waals surface area contributed by atoms with Gasteiger partial charge in [-0.15, -0.1) is 11.6 Å². The maximum absolute atomic E-state index is 13.3. The van der Waals surface area contributed by atoms with Crippen LogP contribution in [-0.4, -0.2) is 20.1 Å². The molecular formula is C10H10ClF4NO2S. The molecule has 0 aromatic heterocycles. The smallest absolute Gasteiger partial charge is 0.233 e. The van der Waals surface area contributed by atoms with Crippen LogP contribution in [0.2, 0.25) is 0 Å². The van der Waals surface area contributed by atoms with Crippen LogP contribution in [0, 0.1) is 29.2 Å². The predicted octanol–water partition coefficient (Wildman–Crippen LogP) is 2.86. The van der Waals surface area contributed by atoms with Crippen molar-refractivity contribution in [1.82, 2.24) is 0 Å². The van der Waals surface area contributed by atoms with E-state index in [1.165, 1.54) is 11.6 Å². The number of rotatable bonds is 5. The molecule has 0 bridgehead atoms. The second-order valence-electron chi connectivity index (χ2n) is 3.99. The Morgan fingerprint density at radius 3 is 2.11 bits per heavy atom. The van der Waals surface area contributed by atoms with E-state index in [1.807, 2.05) is 0 Å². The van der Waals surface area contributed by atoms with E-state index in [9.17, 15) is 26.0 Å². The third-order valence-electron chi connectivity index (χ3n) is 2.14. The fourth-order valence-corrected chi connectivity index (χ4v) is 2.96. The first-order valence-electron chi connectivity index (χ1n) is 5.07. The third-order valence-corrected chi connectivity index (χ3v) is 4.19. The molecule has 0 aliphatic carbocycles. The normalized spacial score (nSPS) is 13.4. The molecule has 0 amide bonds. The minimum Gasteiger partial charge on any atom is -0.278 e. The van der Waals surface area contributed by atoms with Gasteiger partial charge < -0.3 is 0 Å². The lowest BCUT2D eigenvalue weighted by Crippen LogP contribution is -2.23. The summed E-state index contributed by atoms with van der Waals surface area (Å²) in [7, 11) is -4.17. The average Bonchev–Trinajstić information content (AvgIpc) is 2.31. The van der Waals surface area contributed by atoms with Crippen molar-refractivity contribution in [1.29, 1.82) is 0 Å². The zero-order chi connectivity index (χ0) is 14.8. The van der Waals surface area contributed by atoms with Crippen LogP contribution in [0.15, 0.2) is 6.07 Å². The van der Waals surface area contributed by atoms with E-state index >= 15 is 0 Å². The van der Waals surface area contributed by atoms with Crippen LogP contribution in [-0.2, 0) is 10.0 Å². The fraction of sp³-hybridized carbons (Fsp3) is 0.400. The van der Waals surface area contributed by atoms with Gasteiger partial charge >= 0.3 is 0 Å². The van der Waals surface area contributed by atoms with E-state index in [0.29, 0.717) is 0 Å². The molecule has 9 heteroatoms. The molecule has 1 rings (SSSR count). The quantitative estimate of drug-likeness (QED) is 0.515. The number of benzene rings is 1. The molecule has 0 heterocycles. The van der Waals surface area contributed by atoms with Crippen LogP contribution in [0.3, 0.4) is 0 Å². The number of hydrogen-bond acceptors (Lipinski definition) is 2. The number of halogens is 5. The Bertz CT molecular complexity index is 553. The molecular weight excluding hydrogens is 310 g/mol. The summed E-state index contributed by atoms with van der Waals surface area (Å²) in [4.78, 5) is 0. The number of alkyl halides is 1. The summed E-state index contributed by atoms with van der Waals surface area (Å²) in [6.45, 7) is 1.49. The van der Waals surface area contributed by atoms with Crippen LogP contribution < -0.4 is 4.72 Å². The highest BCUT2D eigenvalue weighted by atomic mass is 35.5. The SMILES string of the molecule is CC(CCl)CS(=O)(=O)Nc1c(F)c(F)cc(F)c1F. The molecule has 0 saturated carbocycles. The minimum absolute atomic E-state index is 0.00336. The van der Waals surface area contributed by atoms with Crippen LogP contribution in [0.4, 0.5) is 23.2 Å². The molecule has 108 valence electrons. The van der Waals surface area contributed by atoms with E-state index in [1.54, 1.807) is 0 Å². The number of sulfonamides is 1. The van der Waals surface area contributed by atoms with Crippen molar-refractivity contribution in [3.05, 3.63) is 29.3 Å². The monoisotopic (exact) mass is 319 g/mol. The average molecular weight is 320 g/mol. The second-order valence-corrected chi connectivity index (χ2v) is 6.06. The molecule has 0 fully saturated rings. The topological polar surface area (TPSA) is 46.2 Å². The Balaban J connectivity index is 3.13. The van der Waals surface area contributed by atoms with Gasteiger partial charge in [0.25, 0.3) is 0 Å². The third kappa shape index (κ3) is 3.97. The van der Waals surface area contributed by atoms with E-state index < -0.39 is 50.7 Å². The Hall–Kier alpha value is -1.02. The molecule has 1 aromatic rings. The van der Waals surface area contributed by atoms with Crippen molar-refractivity contribution in [2.45, 2.75) is 6.92 Å². The second kappa shape index (κ2) is 5.96. The van der Waals surface area contributed by atoms with Crippen molar-refractivity contribution in [3.63, 3.8) is 0 Å². The van der Waals surface area contributed by atoms with Crippen molar-refractivity contribution in [2.75, 3.05) is 16.4 Å². The van der Waals surface area contributed by atoms with Gasteiger partial charge in [0, 0.05) is 11.9 Å². The summed E-state index contributed by atoms with van der Waals surface area (Å²) in [5.74, 6) is -8.02. The van der Waals surface area contributed by atoms with Crippen molar-refractivity contribution in [2.24, 2.45) is 5.92 Å². The van der Waals surface area contributed by atoms with Crippen LogP contribution in [0.1, 0.15) is 6.92 Å². The minimum atomic E-state index is -4.17. The molecule has 1 atom stereocenters. The maximum atomic E-state index is 13.3. The Labute approximate surface area is 112 Å². The maximum Gasteiger partial charge on any atom is 0.233 e. The van der Waals surface area contributed by atoms with Gasteiger partial charge in [0.05, 0.1) is 5.75 Å². The molecule has 0 aliphatic rings. The van der Waals surface area contributed by atoms with Crippen molar-refractivity contribution >= 4 is 27.3 Å². The number of anilines is 1. The van der Waals surface area contributed by atoms with E-state index in [-0.39, 0.29) is 11.9 Å². The molecule has 0 spiro atoms.